The summed E-state index contributed by atoms with van der Waals surface area (Å²) in [7, 11) is 0. The summed E-state index contributed by atoms with van der Waals surface area (Å²) in [6.07, 6.45) is 0.928. The minimum absolute atomic E-state index is 0.0149. The van der Waals surface area contributed by atoms with Crippen molar-refractivity contribution in [3.05, 3.63) is 29.8 Å². The summed E-state index contributed by atoms with van der Waals surface area (Å²) >= 11 is 0. The lowest BCUT2D eigenvalue weighted by molar-refractivity contribution is -0.120. The predicted molar refractivity (Wildman–Crippen MR) is 75.8 cm³/mol. The molecule has 0 saturated carbocycles. The van der Waals surface area contributed by atoms with E-state index in [1.165, 1.54) is 6.92 Å². The second-order valence-electron chi connectivity index (χ2n) is 4.29. The van der Waals surface area contributed by atoms with Gasteiger partial charge in [-0.15, -0.1) is 0 Å². The van der Waals surface area contributed by atoms with Crippen LogP contribution in [0.5, 0.6) is 0 Å². The van der Waals surface area contributed by atoms with Crippen molar-refractivity contribution in [3.8, 4) is 0 Å². The molecule has 0 atom stereocenters. The van der Waals surface area contributed by atoms with Gasteiger partial charge in [-0.3, -0.25) is 9.59 Å². The molecule has 104 valence electrons. The Labute approximate surface area is 113 Å². The second-order valence-corrected chi connectivity index (χ2v) is 4.29. The van der Waals surface area contributed by atoms with Gasteiger partial charge in [0.25, 0.3) is 0 Å². The molecule has 0 aliphatic rings. The molecule has 3 N–H and O–H groups in total. The molecule has 0 heterocycles. The molecule has 1 aromatic rings. The molecule has 0 spiro atoms. The lowest BCUT2D eigenvalue weighted by Gasteiger charge is -2.10. The zero-order chi connectivity index (χ0) is 14.1. The van der Waals surface area contributed by atoms with Gasteiger partial charge in [0, 0.05) is 25.7 Å². The second kappa shape index (κ2) is 8.26. The van der Waals surface area contributed by atoms with Crippen molar-refractivity contribution < 1.29 is 9.59 Å². The minimum atomic E-state index is -0.104. The van der Waals surface area contributed by atoms with Crippen LogP contribution >= 0.6 is 0 Å². The highest BCUT2D eigenvalue weighted by Crippen LogP contribution is 2.14. The third-order valence-electron chi connectivity index (χ3n) is 2.50. The van der Waals surface area contributed by atoms with Gasteiger partial charge in [-0.05, 0) is 18.1 Å². The summed E-state index contributed by atoms with van der Waals surface area (Å²) in [6, 6.07) is 7.53. The number of hydrogen-bond donors (Lipinski definition) is 3. The van der Waals surface area contributed by atoms with E-state index in [2.05, 4.69) is 16.0 Å². The highest BCUT2D eigenvalue weighted by molar-refractivity contribution is 5.89. The van der Waals surface area contributed by atoms with Gasteiger partial charge in [0.05, 0.1) is 6.54 Å². The molecule has 0 aliphatic carbocycles. The summed E-state index contributed by atoms with van der Waals surface area (Å²) < 4.78 is 0. The number of carbonyl (C=O) groups excluding carboxylic acids is 2. The molecule has 5 nitrogen and oxygen atoms in total. The molecule has 0 aromatic heterocycles. The van der Waals surface area contributed by atoms with Crippen LogP contribution in [0.25, 0.3) is 0 Å². The van der Waals surface area contributed by atoms with Crippen LogP contribution in [0.15, 0.2) is 24.3 Å². The van der Waals surface area contributed by atoms with Crippen molar-refractivity contribution in [2.75, 3.05) is 18.4 Å². The molecule has 1 rings (SSSR count). The monoisotopic (exact) mass is 263 g/mol. The number of benzene rings is 1. The fourth-order valence-corrected chi connectivity index (χ4v) is 1.62. The van der Waals surface area contributed by atoms with Gasteiger partial charge >= 0.3 is 0 Å². The molecule has 0 saturated heterocycles. The van der Waals surface area contributed by atoms with Gasteiger partial charge in [-0.25, -0.2) is 0 Å². The van der Waals surface area contributed by atoms with E-state index in [0.717, 1.165) is 17.7 Å². The average molecular weight is 263 g/mol. The zero-order valence-corrected chi connectivity index (χ0v) is 11.5. The van der Waals surface area contributed by atoms with Crippen molar-refractivity contribution >= 4 is 17.5 Å². The van der Waals surface area contributed by atoms with Gasteiger partial charge in [0.15, 0.2) is 0 Å². The van der Waals surface area contributed by atoms with Crippen molar-refractivity contribution in [1.29, 1.82) is 0 Å². The Kier molecular flexibility index (Phi) is 6.60. The third-order valence-corrected chi connectivity index (χ3v) is 2.50. The number of para-hydroxylation sites is 1. The van der Waals surface area contributed by atoms with Crippen LogP contribution in [0.4, 0.5) is 5.69 Å². The molecule has 5 heteroatoms. The van der Waals surface area contributed by atoms with Gasteiger partial charge in [-0.2, -0.15) is 0 Å². The van der Waals surface area contributed by atoms with E-state index in [9.17, 15) is 9.59 Å². The molecule has 0 radical (unpaired) electrons. The van der Waals surface area contributed by atoms with Crippen LogP contribution in [-0.2, 0) is 16.1 Å². The van der Waals surface area contributed by atoms with Crippen LogP contribution < -0.4 is 16.0 Å². The van der Waals surface area contributed by atoms with Gasteiger partial charge in [-0.1, -0.05) is 25.1 Å². The Morgan fingerprint density at radius 3 is 2.63 bits per heavy atom. The maximum atomic E-state index is 11.4. The van der Waals surface area contributed by atoms with E-state index >= 15 is 0 Å². The Bertz CT molecular complexity index is 432. The fraction of sp³-hybridized carbons (Fsp3) is 0.429. The predicted octanol–water partition coefficient (Wildman–Crippen LogP) is 1.26. The fourth-order valence-electron chi connectivity index (χ4n) is 1.62. The number of anilines is 1. The Hall–Kier alpha value is -1.88. The standard InChI is InChI=1S/C14H21N3O2/c1-3-8-16-14(19)10-15-9-12-6-4-5-7-13(12)17-11(2)18/h4-7,15H,3,8-10H2,1-2H3,(H,16,19)(H,17,18). The molecule has 2 amide bonds. The highest BCUT2D eigenvalue weighted by atomic mass is 16.2. The van der Waals surface area contributed by atoms with E-state index in [-0.39, 0.29) is 18.4 Å². The largest absolute Gasteiger partial charge is 0.355 e. The minimum Gasteiger partial charge on any atom is -0.355 e. The Morgan fingerprint density at radius 2 is 1.95 bits per heavy atom. The molecule has 0 fully saturated rings. The lowest BCUT2D eigenvalue weighted by atomic mass is 10.1. The Balaban J connectivity index is 2.44. The van der Waals surface area contributed by atoms with Crippen molar-refractivity contribution in [1.82, 2.24) is 10.6 Å². The average Bonchev–Trinajstić information content (AvgIpc) is 2.38. The maximum absolute atomic E-state index is 11.4. The van der Waals surface area contributed by atoms with E-state index in [0.29, 0.717) is 13.1 Å². The highest BCUT2D eigenvalue weighted by Gasteiger charge is 2.04. The van der Waals surface area contributed by atoms with E-state index < -0.39 is 0 Å². The first-order chi connectivity index (χ1) is 9.13. The number of rotatable bonds is 7. The number of amides is 2. The first-order valence-corrected chi connectivity index (χ1v) is 6.46. The van der Waals surface area contributed by atoms with E-state index in [4.69, 9.17) is 0 Å². The topological polar surface area (TPSA) is 70.2 Å². The number of hydrogen-bond acceptors (Lipinski definition) is 3. The van der Waals surface area contributed by atoms with E-state index in [1.54, 1.807) is 0 Å². The molecule has 19 heavy (non-hydrogen) atoms. The van der Waals surface area contributed by atoms with Crippen molar-refractivity contribution in [3.63, 3.8) is 0 Å². The summed E-state index contributed by atoms with van der Waals surface area (Å²) in [5.41, 5.74) is 1.73. The summed E-state index contributed by atoms with van der Waals surface area (Å²) in [5.74, 6) is -0.119. The summed E-state index contributed by atoms with van der Waals surface area (Å²) in [6.45, 7) is 4.99. The molecule has 0 bridgehead atoms. The number of nitrogens with one attached hydrogen (secondary N) is 3. The first kappa shape index (κ1) is 15.2. The lowest BCUT2D eigenvalue weighted by Crippen LogP contribution is -2.34. The smallest absolute Gasteiger partial charge is 0.233 e. The van der Waals surface area contributed by atoms with Gasteiger partial charge in [0.2, 0.25) is 11.8 Å². The van der Waals surface area contributed by atoms with Gasteiger partial charge < -0.3 is 16.0 Å². The SMILES string of the molecule is CCCNC(=O)CNCc1ccccc1NC(C)=O. The van der Waals surface area contributed by atoms with Crippen LogP contribution in [-0.4, -0.2) is 24.9 Å². The van der Waals surface area contributed by atoms with Crippen LogP contribution in [0, 0.1) is 0 Å². The maximum Gasteiger partial charge on any atom is 0.233 e. The van der Waals surface area contributed by atoms with Crippen molar-refractivity contribution in [2.45, 2.75) is 26.8 Å². The van der Waals surface area contributed by atoms with Crippen LogP contribution in [0.2, 0.25) is 0 Å². The molecular formula is C14H21N3O2. The molecular weight excluding hydrogens is 242 g/mol. The first-order valence-electron chi connectivity index (χ1n) is 6.46. The summed E-state index contributed by atoms with van der Waals surface area (Å²) in [5, 5.41) is 8.62. The molecule has 0 aliphatic heterocycles. The van der Waals surface area contributed by atoms with Crippen LogP contribution in [0.3, 0.4) is 0 Å². The Morgan fingerprint density at radius 1 is 1.21 bits per heavy atom. The van der Waals surface area contributed by atoms with Gasteiger partial charge in [0.1, 0.15) is 0 Å². The third kappa shape index (κ3) is 6.01. The van der Waals surface area contributed by atoms with E-state index in [1.807, 2.05) is 31.2 Å². The number of carbonyl (C=O) groups is 2. The van der Waals surface area contributed by atoms with Crippen LogP contribution in [0.1, 0.15) is 25.8 Å². The molecule has 0 unspecified atom stereocenters. The zero-order valence-electron chi connectivity index (χ0n) is 11.5. The quantitative estimate of drug-likeness (QED) is 0.693. The van der Waals surface area contributed by atoms with Crippen molar-refractivity contribution in [2.24, 2.45) is 0 Å². The normalized spacial score (nSPS) is 10.0. The molecule has 1 aromatic carbocycles. The summed E-state index contributed by atoms with van der Waals surface area (Å²) in [4.78, 5) is 22.5.